The summed E-state index contributed by atoms with van der Waals surface area (Å²) in [4.78, 5) is 23.1. The fraction of sp³-hybridized carbons (Fsp3) is 0.500. The molecule has 1 aromatic rings. The van der Waals surface area contributed by atoms with Gasteiger partial charge in [-0.15, -0.1) is 11.8 Å². The molecule has 114 valence electrons. The van der Waals surface area contributed by atoms with Gasteiger partial charge >= 0.3 is 5.97 Å². The first-order valence-corrected chi connectivity index (χ1v) is 8.29. The number of benzene rings is 1. The molecule has 5 heteroatoms. The summed E-state index contributed by atoms with van der Waals surface area (Å²) in [5.74, 6) is 0.257. The fourth-order valence-electron chi connectivity index (χ4n) is 2.38. The van der Waals surface area contributed by atoms with E-state index < -0.39 is 0 Å². The van der Waals surface area contributed by atoms with E-state index in [2.05, 4.69) is 10.1 Å². The molecule has 0 radical (unpaired) electrons. The minimum atomic E-state index is -0.349. The van der Waals surface area contributed by atoms with Crippen molar-refractivity contribution in [1.29, 1.82) is 0 Å². The van der Waals surface area contributed by atoms with Crippen LogP contribution in [0.4, 0.5) is 0 Å². The van der Waals surface area contributed by atoms with Crippen molar-refractivity contribution in [3.63, 3.8) is 0 Å². The molecule has 0 aromatic heterocycles. The fourth-order valence-corrected chi connectivity index (χ4v) is 3.53. The number of nitrogens with one attached hydrogen (secondary N) is 1. The summed E-state index contributed by atoms with van der Waals surface area (Å²) in [6.07, 6.45) is 5.08. The monoisotopic (exact) mass is 307 g/mol. The highest BCUT2D eigenvalue weighted by Gasteiger charge is 2.16. The summed E-state index contributed by atoms with van der Waals surface area (Å²) in [6, 6.07) is 7.08. The van der Waals surface area contributed by atoms with E-state index in [1.807, 2.05) is 12.1 Å². The van der Waals surface area contributed by atoms with Gasteiger partial charge in [-0.05, 0) is 30.5 Å². The van der Waals surface area contributed by atoms with Gasteiger partial charge in [-0.1, -0.05) is 25.0 Å². The Bertz CT molecular complexity index is 481. The van der Waals surface area contributed by atoms with Gasteiger partial charge in [0.2, 0.25) is 5.91 Å². The number of methoxy groups -OCH3 is 1. The van der Waals surface area contributed by atoms with Gasteiger partial charge in [-0.3, -0.25) is 4.79 Å². The highest BCUT2D eigenvalue weighted by Crippen LogP contribution is 2.29. The quantitative estimate of drug-likeness (QED) is 0.821. The van der Waals surface area contributed by atoms with E-state index in [1.54, 1.807) is 23.9 Å². The van der Waals surface area contributed by atoms with Crippen LogP contribution in [0.25, 0.3) is 0 Å². The Labute approximate surface area is 129 Å². The first-order valence-electron chi connectivity index (χ1n) is 7.24. The van der Waals surface area contributed by atoms with Gasteiger partial charge in [0, 0.05) is 11.8 Å². The largest absolute Gasteiger partial charge is 0.465 e. The van der Waals surface area contributed by atoms with Crippen LogP contribution >= 0.6 is 11.8 Å². The predicted molar refractivity (Wildman–Crippen MR) is 84.3 cm³/mol. The van der Waals surface area contributed by atoms with E-state index in [1.165, 1.54) is 32.8 Å². The molecule has 0 aliphatic heterocycles. The molecule has 0 heterocycles. The van der Waals surface area contributed by atoms with Gasteiger partial charge in [-0.25, -0.2) is 4.79 Å². The Balaban J connectivity index is 1.71. The molecule has 21 heavy (non-hydrogen) atoms. The third-order valence-corrected chi connectivity index (χ3v) is 4.99. The van der Waals surface area contributed by atoms with Crippen molar-refractivity contribution in [3.8, 4) is 0 Å². The van der Waals surface area contributed by atoms with Gasteiger partial charge in [0.25, 0.3) is 0 Å². The number of hydrogen-bond donors (Lipinski definition) is 1. The Morgan fingerprint density at radius 3 is 2.52 bits per heavy atom. The molecule has 1 aliphatic carbocycles. The molecular formula is C16H21NO3S. The SMILES string of the molecule is COC(=O)c1ccc(CNC(=O)CSC2CCCC2)cc1. The second-order valence-electron chi connectivity index (χ2n) is 5.18. The topological polar surface area (TPSA) is 55.4 Å². The van der Waals surface area contributed by atoms with Gasteiger partial charge < -0.3 is 10.1 Å². The summed E-state index contributed by atoms with van der Waals surface area (Å²) in [5, 5.41) is 3.57. The number of thioether (sulfide) groups is 1. The number of rotatable bonds is 6. The van der Waals surface area contributed by atoms with Gasteiger partial charge in [0.15, 0.2) is 0 Å². The van der Waals surface area contributed by atoms with Crippen LogP contribution in [-0.2, 0) is 16.1 Å². The van der Waals surface area contributed by atoms with E-state index in [-0.39, 0.29) is 11.9 Å². The molecular weight excluding hydrogens is 286 g/mol. The van der Waals surface area contributed by atoms with Crippen molar-refractivity contribution in [2.24, 2.45) is 0 Å². The van der Waals surface area contributed by atoms with Crippen LogP contribution in [0.3, 0.4) is 0 Å². The highest BCUT2D eigenvalue weighted by atomic mass is 32.2. The van der Waals surface area contributed by atoms with Crippen molar-refractivity contribution < 1.29 is 14.3 Å². The number of carbonyl (C=O) groups is 2. The van der Waals surface area contributed by atoms with Crippen LogP contribution < -0.4 is 5.32 Å². The van der Waals surface area contributed by atoms with Crippen LogP contribution in [0.1, 0.15) is 41.6 Å². The molecule has 4 nitrogen and oxygen atoms in total. The number of ether oxygens (including phenoxy) is 1. The van der Waals surface area contributed by atoms with Crippen LogP contribution in [0.15, 0.2) is 24.3 Å². The normalized spacial score (nSPS) is 14.9. The number of carbonyl (C=O) groups excluding carboxylic acids is 2. The molecule has 0 saturated heterocycles. The Morgan fingerprint density at radius 2 is 1.90 bits per heavy atom. The molecule has 0 bridgehead atoms. The van der Waals surface area contributed by atoms with Crippen molar-refractivity contribution in [3.05, 3.63) is 35.4 Å². The first-order chi connectivity index (χ1) is 10.2. The molecule has 1 aromatic carbocycles. The summed E-state index contributed by atoms with van der Waals surface area (Å²) >= 11 is 1.76. The predicted octanol–water partition coefficient (Wildman–Crippen LogP) is 2.77. The molecule has 1 amide bonds. The smallest absolute Gasteiger partial charge is 0.337 e. The first kappa shape index (κ1) is 15.9. The van der Waals surface area contributed by atoms with E-state index in [0.29, 0.717) is 23.1 Å². The average molecular weight is 307 g/mol. The molecule has 1 saturated carbocycles. The number of amides is 1. The Kier molecular flexibility index (Phi) is 6.11. The summed E-state index contributed by atoms with van der Waals surface area (Å²) < 4.78 is 4.64. The lowest BCUT2D eigenvalue weighted by atomic mass is 10.1. The van der Waals surface area contributed by atoms with Crippen LogP contribution in [0.5, 0.6) is 0 Å². The lowest BCUT2D eigenvalue weighted by Gasteiger charge is -2.09. The van der Waals surface area contributed by atoms with E-state index in [9.17, 15) is 9.59 Å². The van der Waals surface area contributed by atoms with E-state index in [4.69, 9.17) is 0 Å². The van der Waals surface area contributed by atoms with Crippen molar-refractivity contribution in [1.82, 2.24) is 5.32 Å². The Morgan fingerprint density at radius 1 is 1.24 bits per heavy atom. The highest BCUT2D eigenvalue weighted by molar-refractivity contribution is 8.00. The summed E-state index contributed by atoms with van der Waals surface area (Å²) in [7, 11) is 1.36. The molecule has 1 N–H and O–H groups in total. The minimum Gasteiger partial charge on any atom is -0.465 e. The molecule has 0 spiro atoms. The maximum Gasteiger partial charge on any atom is 0.337 e. The second kappa shape index (κ2) is 8.08. The lowest BCUT2D eigenvalue weighted by molar-refractivity contribution is -0.118. The average Bonchev–Trinajstić information content (AvgIpc) is 3.04. The van der Waals surface area contributed by atoms with Gasteiger partial charge in [0.1, 0.15) is 0 Å². The maximum absolute atomic E-state index is 11.8. The zero-order valence-electron chi connectivity index (χ0n) is 12.3. The Hall–Kier alpha value is -1.49. The molecule has 0 atom stereocenters. The van der Waals surface area contributed by atoms with E-state index in [0.717, 1.165) is 5.56 Å². The van der Waals surface area contributed by atoms with Crippen molar-refractivity contribution in [2.45, 2.75) is 37.5 Å². The zero-order chi connectivity index (χ0) is 15.1. The third-order valence-electron chi connectivity index (χ3n) is 3.62. The summed E-state index contributed by atoms with van der Waals surface area (Å²) in [5.41, 5.74) is 1.49. The van der Waals surface area contributed by atoms with E-state index >= 15 is 0 Å². The van der Waals surface area contributed by atoms with Crippen molar-refractivity contribution in [2.75, 3.05) is 12.9 Å². The number of esters is 1. The molecule has 1 aliphatic rings. The van der Waals surface area contributed by atoms with Crippen LogP contribution in [0, 0.1) is 0 Å². The standard InChI is InChI=1S/C16H21NO3S/c1-20-16(19)13-8-6-12(7-9-13)10-17-15(18)11-21-14-4-2-3-5-14/h6-9,14H,2-5,10-11H2,1H3,(H,17,18). The summed E-state index contributed by atoms with van der Waals surface area (Å²) in [6.45, 7) is 0.492. The zero-order valence-corrected chi connectivity index (χ0v) is 13.1. The van der Waals surface area contributed by atoms with Gasteiger partial charge in [0.05, 0.1) is 18.4 Å². The molecule has 0 unspecified atom stereocenters. The van der Waals surface area contributed by atoms with Crippen LogP contribution in [-0.4, -0.2) is 30.0 Å². The second-order valence-corrected chi connectivity index (χ2v) is 6.47. The maximum atomic E-state index is 11.8. The minimum absolute atomic E-state index is 0.0731. The van der Waals surface area contributed by atoms with Gasteiger partial charge in [-0.2, -0.15) is 0 Å². The number of hydrogen-bond acceptors (Lipinski definition) is 4. The molecule has 2 rings (SSSR count). The third kappa shape index (κ3) is 5.08. The molecule has 1 fully saturated rings. The lowest BCUT2D eigenvalue weighted by Crippen LogP contribution is -2.25. The van der Waals surface area contributed by atoms with Crippen LogP contribution in [0.2, 0.25) is 0 Å². The van der Waals surface area contributed by atoms with Crippen molar-refractivity contribution >= 4 is 23.6 Å².